The first-order valence-electron chi connectivity index (χ1n) is 5.32. The minimum Gasteiger partial charge on any atom is -0.383 e. The Morgan fingerprint density at radius 2 is 2.39 bits per heavy atom. The van der Waals surface area contributed by atoms with Crippen molar-refractivity contribution in [1.82, 2.24) is 0 Å². The second-order valence-electron chi connectivity index (χ2n) is 3.43. The van der Waals surface area contributed by atoms with Crippen LogP contribution in [-0.2, 0) is 0 Å². The SMILES string of the molecule is CNc1ccc(C=CCCN=[N+]=[N-])cc1[N+](=O)[O-]. The molecule has 0 aliphatic rings. The van der Waals surface area contributed by atoms with Crippen molar-refractivity contribution in [1.29, 1.82) is 0 Å². The first-order valence-corrected chi connectivity index (χ1v) is 5.32. The molecule has 18 heavy (non-hydrogen) atoms. The Labute approximate surface area is 104 Å². The fourth-order valence-electron chi connectivity index (χ4n) is 1.41. The molecule has 0 aliphatic carbocycles. The average molecular weight is 247 g/mol. The van der Waals surface area contributed by atoms with Crippen LogP contribution in [0.5, 0.6) is 0 Å². The number of hydrogen-bond acceptors (Lipinski definition) is 4. The number of nitro benzene ring substituents is 1. The van der Waals surface area contributed by atoms with E-state index in [1.165, 1.54) is 6.07 Å². The predicted molar refractivity (Wildman–Crippen MR) is 70.3 cm³/mol. The smallest absolute Gasteiger partial charge is 0.292 e. The number of nitro groups is 1. The van der Waals surface area contributed by atoms with Crippen LogP contribution in [0.15, 0.2) is 29.4 Å². The molecule has 1 rings (SSSR count). The molecule has 1 aromatic rings. The van der Waals surface area contributed by atoms with E-state index in [1.54, 1.807) is 25.3 Å². The Hall–Kier alpha value is -2.53. The predicted octanol–water partition coefficient (Wildman–Crippen LogP) is 3.35. The van der Waals surface area contributed by atoms with Gasteiger partial charge in [0, 0.05) is 24.6 Å². The van der Waals surface area contributed by atoms with E-state index in [2.05, 4.69) is 15.3 Å². The maximum Gasteiger partial charge on any atom is 0.292 e. The zero-order valence-corrected chi connectivity index (χ0v) is 9.91. The zero-order chi connectivity index (χ0) is 13.4. The van der Waals surface area contributed by atoms with Gasteiger partial charge in [-0.25, -0.2) is 0 Å². The topological polar surface area (TPSA) is 104 Å². The van der Waals surface area contributed by atoms with Crippen LogP contribution >= 0.6 is 0 Å². The van der Waals surface area contributed by atoms with Crippen LogP contribution in [0.1, 0.15) is 12.0 Å². The lowest BCUT2D eigenvalue weighted by molar-refractivity contribution is -0.383. The van der Waals surface area contributed by atoms with Crippen LogP contribution in [-0.4, -0.2) is 18.5 Å². The minimum atomic E-state index is -0.427. The Bertz CT molecular complexity index is 506. The van der Waals surface area contributed by atoms with Crippen LogP contribution in [0.4, 0.5) is 11.4 Å². The first kappa shape index (κ1) is 13.5. The summed E-state index contributed by atoms with van der Waals surface area (Å²) < 4.78 is 0. The van der Waals surface area contributed by atoms with Gasteiger partial charge in [-0.2, -0.15) is 0 Å². The molecule has 0 radical (unpaired) electrons. The van der Waals surface area contributed by atoms with E-state index in [9.17, 15) is 10.1 Å². The molecule has 0 aromatic heterocycles. The van der Waals surface area contributed by atoms with Crippen molar-refractivity contribution in [2.45, 2.75) is 6.42 Å². The summed E-state index contributed by atoms with van der Waals surface area (Å²) in [6, 6.07) is 4.93. The van der Waals surface area contributed by atoms with Gasteiger partial charge in [0.25, 0.3) is 5.69 Å². The fourth-order valence-corrected chi connectivity index (χ4v) is 1.41. The summed E-state index contributed by atoms with van der Waals surface area (Å²) in [5.41, 5.74) is 9.34. The van der Waals surface area contributed by atoms with Crippen molar-refractivity contribution in [2.75, 3.05) is 18.9 Å². The van der Waals surface area contributed by atoms with E-state index < -0.39 is 4.92 Å². The van der Waals surface area contributed by atoms with Gasteiger partial charge in [0.2, 0.25) is 0 Å². The van der Waals surface area contributed by atoms with Crippen LogP contribution < -0.4 is 5.32 Å². The molecule has 0 atom stereocenters. The summed E-state index contributed by atoms with van der Waals surface area (Å²) in [5.74, 6) is 0. The van der Waals surface area contributed by atoms with E-state index in [1.807, 2.05) is 6.08 Å². The highest BCUT2D eigenvalue weighted by Crippen LogP contribution is 2.25. The summed E-state index contributed by atoms with van der Waals surface area (Å²) in [4.78, 5) is 13.0. The highest BCUT2D eigenvalue weighted by molar-refractivity contribution is 5.66. The number of hydrogen-bond donors (Lipinski definition) is 1. The molecule has 0 saturated heterocycles. The summed E-state index contributed by atoms with van der Waals surface area (Å²) >= 11 is 0. The second kappa shape index (κ2) is 6.93. The van der Waals surface area contributed by atoms with Crippen molar-refractivity contribution >= 4 is 17.5 Å². The van der Waals surface area contributed by atoms with Gasteiger partial charge < -0.3 is 5.32 Å². The molecular formula is C11H13N5O2. The molecule has 0 fully saturated rings. The number of azide groups is 1. The van der Waals surface area contributed by atoms with Crippen LogP contribution in [0.25, 0.3) is 16.5 Å². The molecule has 0 unspecified atom stereocenters. The van der Waals surface area contributed by atoms with Crippen molar-refractivity contribution in [2.24, 2.45) is 5.11 Å². The lowest BCUT2D eigenvalue weighted by Crippen LogP contribution is -1.96. The van der Waals surface area contributed by atoms with E-state index in [4.69, 9.17) is 5.53 Å². The van der Waals surface area contributed by atoms with Crippen molar-refractivity contribution in [3.63, 3.8) is 0 Å². The number of anilines is 1. The zero-order valence-electron chi connectivity index (χ0n) is 9.91. The molecule has 7 nitrogen and oxygen atoms in total. The highest BCUT2D eigenvalue weighted by atomic mass is 16.6. The van der Waals surface area contributed by atoms with Gasteiger partial charge in [0.05, 0.1) is 4.92 Å². The normalized spacial score (nSPS) is 10.1. The number of nitrogens with zero attached hydrogens (tertiary/aromatic N) is 4. The van der Waals surface area contributed by atoms with Gasteiger partial charge in [0.1, 0.15) is 5.69 Å². The van der Waals surface area contributed by atoms with E-state index in [-0.39, 0.29) is 5.69 Å². The third-order valence-corrected chi connectivity index (χ3v) is 2.26. The van der Waals surface area contributed by atoms with Gasteiger partial charge in [-0.1, -0.05) is 23.3 Å². The van der Waals surface area contributed by atoms with Crippen molar-refractivity contribution < 1.29 is 4.92 Å². The molecule has 7 heteroatoms. The maximum atomic E-state index is 10.8. The fraction of sp³-hybridized carbons (Fsp3) is 0.273. The minimum absolute atomic E-state index is 0.0368. The van der Waals surface area contributed by atoms with Gasteiger partial charge in [-0.3, -0.25) is 10.1 Å². The molecule has 0 bridgehead atoms. The second-order valence-corrected chi connectivity index (χ2v) is 3.43. The molecule has 94 valence electrons. The van der Waals surface area contributed by atoms with Gasteiger partial charge in [-0.05, 0) is 23.6 Å². The van der Waals surface area contributed by atoms with Crippen LogP contribution in [0.2, 0.25) is 0 Å². The Morgan fingerprint density at radius 1 is 1.61 bits per heavy atom. The van der Waals surface area contributed by atoms with E-state index in [0.29, 0.717) is 18.7 Å². The third kappa shape index (κ3) is 3.80. The highest BCUT2D eigenvalue weighted by Gasteiger charge is 2.12. The summed E-state index contributed by atoms with van der Waals surface area (Å²) in [6.07, 6.45) is 4.18. The standard InChI is InChI=1S/C11H13N5O2/c1-13-10-6-5-9(8-11(10)16(17)18)4-2-3-7-14-15-12/h2,4-6,8,13H,3,7H2,1H3. The van der Waals surface area contributed by atoms with Crippen molar-refractivity contribution in [3.8, 4) is 0 Å². The van der Waals surface area contributed by atoms with Crippen LogP contribution in [0, 0.1) is 10.1 Å². The third-order valence-electron chi connectivity index (χ3n) is 2.26. The van der Waals surface area contributed by atoms with Crippen molar-refractivity contribution in [3.05, 3.63) is 50.4 Å². The first-order chi connectivity index (χ1) is 8.69. The lowest BCUT2D eigenvalue weighted by Gasteiger charge is -2.02. The monoisotopic (exact) mass is 247 g/mol. The molecule has 1 aromatic carbocycles. The largest absolute Gasteiger partial charge is 0.383 e. The lowest BCUT2D eigenvalue weighted by atomic mass is 10.1. The molecule has 0 spiro atoms. The summed E-state index contributed by atoms with van der Waals surface area (Å²) in [5, 5.41) is 17.0. The molecule has 0 saturated carbocycles. The number of benzene rings is 1. The van der Waals surface area contributed by atoms with Gasteiger partial charge in [0.15, 0.2) is 0 Å². The van der Waals surface area contributed by atoms with E-state index in [0.717, 1.165) is 5.56 Å². The molecule has 0 heterocycles. The maximum absolute atomic E-state index is 10.8. The summed E-state index contributed by atoms with van der Waals surface area (Å²) in [7, 11) is 1.64. The molecular weight excluding hydrogens is 234 g/mol. The van der Waals surface area contributed by atoms with Gasteiger partial charge in [-0.15, -0.1) is 0 Å². The number of rotatable bonds is 6. The van der Waals surface area contributed by atoms with Crippen LogP contribution in [0.3, 0.4) is 0 Å². The quantitative estimate of drug-likeness (QED) is 0.208. The summed E-state index contributed by atoms with van der Waals surface area (Å²) in [6.45, 7) is 0.379. The Kier molecular flexibility index (Phi) is 5.21. The molecule has 0 aliphatic heterocycles. The Balaban J connectivity index is 2.81. The molecule has 0 amide bonds. The van der Waals surface area contributed by atoms with Gasteiger partial charge >= 0.3 is 0 Å². The number of nitrogens with one attached hydrogen (secondary N) is 1. The molecule has 1 N–H and O–H groups in total. The average Bonchev–Trinajstić information content (AvgIpc) is 2.38. The van der Waals surface area contributed by atoms with E-state index >= 15 is 0 Å². The Morgan fingerprint density at radius 3 is 3.00 bits per heavy atom.